The first-order chi connectivity index (χ1) is 9.58. The fourth-order valence-corrected chi connectivity index (χ4v) is 2.95. The first-order valence-corrected chi connectivity index (χ1v) is 7.11. The van der Waals surface area contributed by atoms with Crippen LogP contribution >= 0.6 is 0 Å². The van der Waals surface area contributed by atoms with Gasteiger partial charge in [0, 0.05) is 5.56 Å². The molecule has 1 saturated carbocycles. The molecule has 2 aromatic rings. The van der Waals surface area contributed by atoms with E-state index in [0.717, 1.165) is 16.7 Å². The molecule has 1 aliphatic carbocycles. The maximum absolute atomic E-state index is 14.2. The minimum Gasteiger partial charge on any atom is -0.384 e. The summed E-state index contributed by atoms with van der Waals surface area (Å²) in [6.45, 7) is 3.72. The Balaban J connectivity index is 2.07. The van der Waals surface area contributed by atoms with Gasteiger partial charge in [0.2, 0.25) is 0 Å². The van der Waals surface area contributed by atoms with Gasteiger partial charge in [-0.15, -0.1) is 0 Å². The summed E-state index contributed by atoms with van der Waals surface area (Å²) >= 11 is 0. The van der Waals surface area contributed by atoms with Gasteiger partial charge >= 0.3 is 0 Å². The molecular formula is C18H19FO. The molecule has 2 aromatic carbocycles. The van der Waals surface area contributed by atoms with Gasteiger partial charge in [0.25, 0.3) is 0 Å². The number of aryl methyl sites for hydroxylation is 2. The monoisotopic (exact) mass is 270 g/mol. The summed E-state index contributed by atoms with van der Waals surface area (Å²) in [5.41, 5.74) is 4.11. The topological polar surface area (TPSA) is 20.2 Å². The molecule has 1 N–H and O–H groups in total. The van der Waals surface area contributed by atoms with Gasteiger partial charge in [-0.3, -0.25) is 0 Å². The summed E-state index contributed by atoms with van der Waals surface area (Å²) in [6.07, 6.45) is 1.45. The molecule has 0 bridgehead atoms. The smallest absolute Gasteiger partial charge is 0.129 e. The van der Waals surface area contributed by atoms with Crippen molar-refractivity contribution in [2.45, 2.75) is 38.7 Å². The number of rotatable bonds is 3. The van der Waals surface area contributed by atoms with Crippen LogP contribution in [0.1, 0.15) is 52.7 Å². The summed E-state index contributed by atoms with van der Waals surface area (Å²) in [7, 11) is 0. The Morgan fingerprint density at radius 1 is 1.15 bits per heavy atom. The van der Waals surface area contributed by atoms with E-state index in [1.54, 1.807) is 0 Å². The molecule has 1 fully saturated rings. The second-order valence-corrected chi connectivity index (χ2v) is 5.78. The van der Waals surface area contributed by atoms with Gasteiger partial charge in [-0.25, -0.2) is 4.39 Å². The second-order valence-electron chi connectivity index (χ2n) is 5.78. The number of aliphatic hydroxyl groups excluding tert-OH is 1. The maximum Gasteiger partial charge on any atom is 0.129 e. The lowest BCUT2D eigenvalue weighted by atomic mass is 9.91. The Morgan fingerprint density at radius 2 is 1.85 bits per heavy atom. The van der Waals surface area contributed by atoms with Crippen LogP contribution in [0.4, 0.5) is 4.39 Å². The van der Waals surface area contributed by atoms with Gasteiger partial charge in [0.1, 0.15) is 11.9 Å². The van der Waals surface area contributed by atoms with Crippen molar-refractivity contribution < 1.29 is 9.50 Å². The number of hydrogen-bond donors (Lipinski definition) is 1. The average molecular weight is 270 g/mol. The summed E-state index contributed by atoms with van der Waals surface area (Å²) < 4.78 is 14.2. The largest absolute Gasteiger partial charge is 0.384 e. The Labute approximate surface area is 119 Å². The first kappa shape index (κ1) is 13.3. The molecular weight excluding hydrogens is 251 g/mol. The molecule has 104 valence electrons. The van der Waals surface area contributed by atoms with Crippen molar-refractivity contribution in [1.82, 2.24) is 0 Å². The van der Waals surface area contributed by atoms with Crippen LogP contribution in [0, 0.1) is 19.7 Å². The third-order valence-electron chi connectivity index (χ3n) is 4.06. The molecule has 1 aliphatic rings. The number of aliphatic hydroxyl groups is 1. The minimum atomic E-state index is -0.882. The lowest BCUT2D eigenvalue weighted by Crippen LogP contribution is -2.08. The van der Waals surface area contributed by atoms with E-state index < -0.39 is 6.10 Å². The summed E-state index contributed by atoms with van der Waals surface area (Å²) in [6, 6.07) is 11.3. The second kappa shape index (κ2) is 5.02. The molecule has 0 aromatic heterocycles. The molecule has 0 heterocycles. The zero-order valence-electron chi connectivity index (χ0n) is 11.9. The Morgan fingerprint density at radius 3 is 2.50 bits per heavy atom. The van der Waals surface area contributed by atoms with Gasteiger partial charge < -0.3 is 5.11 Å². The van der Waals surface area contributed by atoms with E-state index in [2.05, 4.69) is 6.07 Å². The SMILES string of the molecule is Cc1cc(C)c(C(O)c2ccccc2C2CC2)c(F)c1. The van der Waals surface area contributed by atoms with E-state index in [4.69, 9.17) is 0 Å². The molecule has 0 aliphatic heterocycles. The number of hydrogen-bond acceptors (Lipinski definition) is 1. The van der Waals surface area contributed by atoms with Crippen molar-refractivity contribution in [1.29, 1.82) is 0 Å². The van der Waals surface area contributed by atoms with Crippen molar-refractivity contribution in [3.8, 4) is 0 Å². The summed E-state index contributed by atoms with van der Waals surface area (Å²) in [4.78, 5) is 0. The third-order valence-corrected chi connectivity index (χ3v) is 4.06. The van der Waals surface area contributed by atoms with E-state index in [9.17, 15) is 9.50 Å². The Bertz CT molecular complexity index is 621. The molecule has 0 radical (unpaired) electrons. The standard InChI is InChI=1S/C18H19FO/c1-11-9-12(2)17(16(19)10-11)18(20)15-6-4-3-5-14(15)13-7-8-13/h3-6,9-10,13,18,20H,7-8H2,1-2H3. The predicted molar refractivity (Wildman–Crippen MR) is 78.4 cm³/mol. The molecule has 20 heavy (non-hydrogen) atoms. The van der Waals surface area contributed by atoms with Crippen LogP contribution in [-0.4, -0.2) is 5.11 Å². The average Bonchev–Trinajstić information content (AvgIpc) is 3.21. The molecule has 0 amide bonds. The first-order valence-electron chi connectivity index (χ1n) is 7.11. The van der Waals surface area contributed by atoms with Gasteiger partial charge in [-0.1, -0.05) is 30.3 Å². The lowest BCUT2D eigenvalue weighted by Gasteiger charge is -2.19. The van der Waals surface area contributed by atoms with Crippen LogP contribution < -0.4 is 0 Å². The predicted octanol–water partition coefficient (Wildman–Crippen LogP) is 4.40. The Kier molecular flexibility index (Phi) is 3.35. The summed E-state index contributed by atoms with van der Waals surface area (Å²) in [5, 5.41) is 10.7. The van der Waals surface area contributed by atoms with Gasteiger partial charge in [-0.05, 0) is 60.9 Å². The van der Waals surface area contributed by atoms with E-state index in [1.807, 2.05) is 38.1 Å². The molecule has 3 rings (SSSR count). The fourth-order valence-electron chi connectivity index (χ4n) is 2.95. The van der Waals surface area contributed by atoms with Crippen LogP contribution in [0.25, 0.3) is 0 Å². The van der Waals surface area contributed by atoms with Gasteiger partial charge in [0.15, 0.2) is 0 Å². The highest BCUT2D eigenvalue weighted by Crippen LogP contribution is 2.44. The lowest BCUT2D eigenvalue weighted by molar-refractivity contribution is 0.213. The zero-order chi connectivity index (χ0) is 14.3. The molecule has 2 heteroatoms. The van der Waals surface area contributed by atoms with E-state index >= 15 is 0 Å². The van der Waals surface area contributed by atoms with E-state index in [0.29, 0.717) is 11.5 Å². The minimum absolute atomic E-state index is 0.319. The number of benzene rings is 2. The van der Waals surface area contributed by atoms with Crippen LogP contribution in [-0.2, 0) is 0 Å². The van der Waals surface area contributed by atoms with Gasteiger partial charge in [-0.2, -0.15) is 0 Å². The highest BCUT2D eigenvalue weighted by Gasteiger charge is 2.29. The highest BCUT2D eigenvalue weighted by atomic mass is 19.1. The normalized spacial score (nSPS) is 16.2. The quantitative estimate of drug-likeness (QED) is 0.876. The van der Waals surface area contributed by atoms with Crippen molar-refractivity contribution in [3.63, 3.8) is 0 Å². The molecule has 0 spiro atoms. The van der Waals surface area contributed by atoms with Crippen LogP contribution in [0.2, 0.25) is 0 Å². The van der Waals surface area contributed by atoms with Crippen LogP contribution in [0.15, 0.2) is 36.4 Å². The van der Waals surface area contributed by atoms with Crippen molar-refractivity contribution in [2.75, 3.05) is 0 Å². The zero-order valence-corrected chi connectivity index (χ0v) is 11.9. The summed E-state index contributed by atoms with van der Waals surface area (Å²) in [5.74, 6) is 0.218. The fraction of sp³-hybridized carbons (Fsp3) is 0.333. The van der Waals surface area contributed by atoms with Crippen LogP contribution in [0.5, 0.6) is 0 Å². The van der Waals surface area contributed by atoms with Gasteiger partial charge in [0.05, 0.1) is 0 Å². The third kappa shape index (κ3) is 2.36. The highest BCUT2D eigenvalue weighted by molar-refractivity contribution is 5.43. The van der Waals surface area contributed by atoms with E-state index in [1.165, 1.54) is 24.5 Å². The number of halogens is 1. The van der Waals surface area contributed by atoms with Crippen molar-refractivity contribution >= 4 is 0 Å². The van der Waals surface area contributed by atoms with Crippen molar-refractivity contribution in [2.24, 2.45) is 0 Å². The molecule has 1 unspecified atom stereocenters. The molecule has 1 atom stereocenters. The molecule has 1 nitrogen and oxygen atoms in total. The maximum atomic E-state index is 14.2. The van der Waals surface area contributed by atoms with Crippen molar-refractivity contribution in [3.05, 3.63) is 70.0 Å². The van der Waals surface area contributed by atoms with E-state index in [-0.39, 0.29) is 5.82 Å². The van der Waals surface area contributed by atoms with Crippen LogP contribution in [0.3, 0.4) is 0 Å². The Hall–Kier alpha value is -1.67. The molecule has 0 saturated heterocycles.